The third kappa shape index (κ3) is 4.44. The lowest BCUT2D eigenvalue weighted by atomic mass is 10.1. The van der Waals surface area contributed by atoms with Crippen LogP contribution in [0, 0.1) is 5.92 Å². The minimum Gasteiger partial charge on any atom is -0.360 e. The average molecular weight is 298 g/mol. The second-order valence-corrected chi connectivity index (χ2v) is 6.24. The zero-order chi connectivity index (χ0) is 15.1. The number of amides is 1. The topological polar surface area (TPSA) is 58.1 Å². The smallest absolute Gasteiger partial charge is 0.285 e. The van der Waals surface area contributed by atoms with Crippen molar-refractivity contribution < 1.29 is 4.79 Å². The maximum atomic E-state index is 12.7. The van der Waals surface area contributed by atoms with Crippen molar-refractivity contribution >= 4 is 22.4 Å². The van der Waals surface area contributed by atoms with Crippen LogP contribution < -0.4 is 5.32 Å². The number of hydrogen-bond acceptors (Lipinski definition) is 5. The predicted molar refractivity (Wildman–Crippen MR) is 84.3 cm³/mol. The van der Waals surface area contributed by atoms with Crippen molar-refractivity contribution in [3.8, 4) is 0 Å². The molecule has 0 aliphatic rings. The largest absolute Gasteiger partial charge is 0.360 e. The Labute approximate surface area is 125 Å². The molecule has 0 aromatic carbocycles. The Morgan fingerprint density at radius 1 is 1.25 bits per heavy atom. The molecule has 0 aliphatic heterocycles. The Morgan fingerprint density at radius 3 is 2.40 bits per heavy atom. The van der Waals surface area contributed by atoms with Crippen molar-refractivity contribution in [2.45, 2.75) is 53.5 Å². The van der Waals surface area contributed by atoms with E-state index in [1.54, 1.807) is 0 Å². The third-order valence-corrected chi connectivity index (χ3v) is 4.01. The van der Waals surface area contributed by atoms with Crippen LogP contribution in [0.4, 0.5) is 5.13 Å². The first-order chi connectivity index (χ1) is 9.53. The zero-order valence-corrected chi connectivity index (χ0v) is 14.0. The van der Waals surface area contributed by atoms with Crippen molar-refractivity contribution in [2.75, 3.05) is 18.4 Å². The zero-order valence-electron chi connectivity index (χ0n) is 13.1. The lowest BCUT2D eigenvalue weighted by Crippen LogP contribution is -2.42. The number of hydrogen-bond donors (Lipinski definition) is 1. The molecular weight excluding hydrogens is 272 g/mol. The molecule has 1 heterocycles. The summed E-state index contributed by atoms with van der Waals surface area (Å²) in [4.78, 5) is 14.6. The second-order valence-electron chi connectivity index (χ2n) is 5.26. The molecule has 1 aromatic rings. The molecule has 114 valence electrons. The molecule has 20 heavy (non-hydrogen) atoms. The fourth-order valence-electron chi connectivity index (χ4n) is 2.18. The van der Waals surface area contributed by atoms with Gasteiger partial charge in [0.25, 0.3) is 5.91 Å². The van der Waals surface area contributed by atoms with Crippen molar-refractivity contribution in [1.82, 2.24) is 15.1 Å². The van der Waals surface area contributed by atoms with Gasteiger partial charge in [0, 0.05) is 19.1 Å². The molecule has 0 unspecified atom stereocenters. The third-order valence-electron chi connectivity index (χ3n) is 3.14. The number of nitrogens with zero attached hydrogens (tertiary/aromatic N) is 3. The first-order valence-corrected chi connectivity index (χ1v) is 8.23. The van der Waals surface area contributed by atoms with Crippen LogP contribution in [0.1, 0.15) is 57.3 Å². The highest BCUT2D eigenvalue weighted by Gasteiger charge is 2.26. The molecule has 1 amide bonds. The summed E-state index contributed by atoms with van der Waals surface area (Å²) in [6, 6.07) is 0.274. The Morgan fingerprint density at radius 2 is 1.90 bits per heavy atom. The van der Waals surface area contributed by atoms with E-state index in [4.69, 9.17) is 0 Å². The van der Waals surface area contributed by atoms with Crippen LogP contribution >= 0.6 is 11.3 Å². The minimum absolute atomic E-state index is 0.00838. The van der Waals surface area contributed by atoms with Gasteiger partial charge in [0.15, 0.2) is 0 Å². The quantitative estimate of drug-likeness (QED) is 0.800. The standard InChI is InChI=1S/C14H26N4OS/c1-6-11(7-2)18(9-10(4)5)13(19)12-16-17-14(20-12)15-8-3/h10-11H,6-9H2,1-5H3,(H,15,17). The molecule has 0 bridgehead atoms. The monoisotopic (exact) mass is 298 g/mol. The molecular formula is C14H26N4OS. The number of aromatic nitrogens is 2. The normalized spacial score (nSPS) is 11.2. The highest BCUT2D eigenvalue weighted by atomic mass is 32.1. The van der Waals surface area contributed by atoms with Gasteiger partial charge in [-0.1, -0.05) is 39.0 Å². The van der Waals surface area contributed by atoms with E-state index in [2.05, 4.69) is 43.2 Å². The summed E-state index contributed by atoms with van der Waals surface area (Å²) >= 11 is 1.33. The van der Waals surface area contributed by atoms with Gasteiger partial charge in [0.05, 0.1) is 0 Å². The summed E-state index contributed by atoms with van der Waals surface area (Å²) in [5.74, 6) is 0.453. The number of rotatable bonds is 8. The van der Waals surface area contributed by atoms with Gasteiger partial charge in [0.2, 0.25) is 10.1 Å². The van der Waals surface area contributed by atoms with Gasteiger partial charge in [-0.15, -0.1) is 10.2 Å². The molecule has 0 radical (unpaired) electrons. The van der Waals surface area contributed by atoms with E-state index in [0.29, 0.717) is 16.1 Å². The van der Waals surface area contributed by atoms with E-state index in [9.17, 15) is 4.79 Å². The van der Waals surface area contributed by atoms with Gasteiger partial charge >= 0.3 is 0 Å². The van der Waals surface area contributed by atoms with Crippen LogP contribution in [-0.2, 0) is 0 Å². The van der Waals surface area contributed by atoms with Gasteiger partial charge in [0.1, 0.15) is 0 Å². The Kier molecular flexibility index (Phi) is 6.91. The van der Waals surface area contributed by atoms with E-state index < -0.39 is 0 Å². The molecule has 0 saturated heterocycles. The number of anilines is 1. The summed E-state index contributed by atoms with van der Waals surface area (Å²) in [5.41, 5.74) is 0. The highest BCUT2D eigenvalue weighted by Crippen LogP contribution is 2.20. The average Bonchev–Trinajstić information content (AvgIpc) is 2.87. The molecule has 0 spiro atoms. The second kappa shape index (κ2) is 8.19. The molecule has 1 rings (SSSR count). The number of nitrogens with one attached hydrogen (secondary N) is 1. The molecule has 0 saturated carbocycles. The van der Waals surface area contributed by atoms with Crippen molar-refractivity contribution in [3.05, 3.63) is 5.01 Å². The van der Waals surface area contributed by atoms with Crippen LogP contribution in [0.15, 0.2) is 0 Å². The summed E-state index contributed by atoms with van der Waals surface area (Å²) in [6.07, 6.45) is 1.93. The Hall–Kier alpha value is -1.17. The van der Waals surface area contributed by atoms with Gasteiger partial charge in [-0.2, -0.15) is 0 Å². The fraction of sp³-hybridized carbons (Fsp3) is 0.786. The van der Waals surface area contributed by atoms with Crippen LogP contribution in [0.2, 0.25) is 0 Å². The van der Waals surface area contributed by atoms with E-state index in [1.807, 2.05) is 11.8 Å². The molecule has 6 heteroatoms. The van der Waals surface area contributed by atoms with Gasteiger partial charge in [-0.05, 0) is 25.7 Å². The number of carbonyl (C=O) groups excluding carboxylic acids is 1. The van der Waals surface area contributed by atoms with Crippen molar-refractivity contribution in [2.24, 2.45) is 5.92 Å². The van der Waals surface area contributed by atoms with Crippen LogP contribution in [-0.4, -0.2) is 40.1 Å². The molecule has 0 fully saturated rings. The molecule has 1 N–H and O–H groups in total. The van der Waals surface area contributed by atoms with E-state index in [-0.39, 0.29) is 11.9 Å². The molecule has 1 aromatic heterocycles. The maximum Gasteiger partial charge on any atom is 0.285 e. The van der Waals surface area contributed by atoms with E-state index in [1.165, 1.54) is 11.3 Å². The lowest BCUT2D eigenvalue weighted by molar-refractivity contribution is 0.0639. The molecule has 0 aliphatic carbocycles. The van der Waals surface area contributed by atoms with Gasteiger partial charge in [-0.3, -0.25) is 4.79 Å². The van der Waals surface area contributed by atoms with Crippen LogP contribution in [0.25, 0.3) is 0 Å². The summed E-state index contributed by atoms with van der Waals surface area (Å²) in [6.45, 7) is 12.1. The van der Waals surface area contributed by atoms with Crippen molar-refractivity contribution in [3.63, 3.8) is 0 Å². The summed E-state index contributed by atoms with van der Waals surface area (Å²) in [5, 5.41) is 12.3. The lowest BCUT2D eigenvalue weighted by Gasteiger charge is -2.31. The van der Waals surface area contributed by atoms with Gasteiger partial charge < -0.3 is 10.2 Å². The van der Waals surface area contributed by atoms with Crippen LogP contribution in [0.5, 0.6) is 0 Å². The first-order valence-electron chi connectivity index (χ1n) is 7.41. The Bertz CT molecular complexity index is 415. The summed E-state index contributed by atoms with van der Waals surface area (Å²) < 4.78 is 0. The molecule has 0 atom stereocenters. The highest BCUT2D eigenvalue weighted by molar-refractivity contribution is 7.17. The Balaban J connectivity index is 2.90. The van der Waals surface area contributed by atoms with Crippen LogP contribution in [0.3, 0.4) is 0 Å². The summed E-state index contributed by atoms with van der Waals surface area (Å²) in [7, 11) is 0. The van der Waals surface area contributed by atoms with E-state index >= 15 is 0 Å². The number of carbonyl (C=O) groups is 1. The fourth-order valence-corrected chi connectivity index (χ4v) is 2.94. The SMILES string of the molecule is CCNc1nnc(C(=O)N(CC(C)C)C(CC)CC)s1. The first kappa shape index (κ1) is 16.9. The maximum absolute atomic E-state index is 12.7. The van der Waals surface area contributed by atoms with E-state index in [0.717, 1.165) is 25.9 Å². The van der Waals surface area contributed by atoms with Gasteiger partial charge in [-0.25, -0.2) is 0 Å². The molecule has 5 nitrogen and oxygen atoms in total. The predicted octanol–water partition coefficient (Wildman–Crippen LogP) is 3.26. The minimum atomic E-state index is 0.00838. The van der Waals surface area contributed by atoms with Crippen molar-refractivity contribution in [1.29, 1.82) is 0 Å².